The van der Waals surface area contributed by atoms with Gasteiger partial charge in [0.25, 0.3) is 0 Å². The Labute approximate surface area is 156 Å². The van der Waals surface area contributed by atoms with Crippen molar-refractivity contribution in [2.24, 2.45) is 11.8 Å². The van der Waals surface area contributed by atoms with Gasteiger partial charge in [-0.2, -0.15) is 0 Å². The van der Waals surface area contributed by atoms with Crippen LogP contribution in [0.2, 0.25) is 0 Å². The van der Waals surface area contributed by atoms with E-state index in [0.29, 0.717) is 6.42 Å². The van der Waals surface area contributed by atoms with Gasteiger partial charge in [0.05, 0.1) is 18.5 Å². The molecule has 1 N–H and O–H groups in total. The average Bonchev–Trinajstić information content (AvgIpc) is 3.04. The van der Waals surface area contributed by atoms with Gasteiger partial charge in [0.2, 0.25) is 0 Å². The van der Waals surface area contributed by atoms with Crippen LogP contribution in [-0.2, 0) is 20.7 Å². The fourth-order valence-corrected chi connectivity index (χ4v) is 4.10. The van der Waals surface area contributed by atoms with E-state index in [9.17, 15) is 9.90 Å². The summed E-state index contributed by atoms with van der Waals surface area (Å²) in [6.07, 6.45) is 9.39. The number of benzene rings is 1. The molecular formula is C22H30O4. The minimum atomic E-state index is -0.418. The average molecular weight is 358 g/mol. The molecule has 2 fully saturated rings. The maximum Gasteiger partial charge on any atom is 0.199 e. The van der Waals surface area contributed by atoms with Gasteiger partial charge in [-0.15, -0.1) is 0 Å². The summed E-state index contributed by atoms with van der Waals surface area (Å²) in [6, 6.07) is 10.4. The van der Waals surface area contributed by atoms with Crippen molar-refractivity contribution in [3.63, 3.8) is 0 Å². The first-order valence-electron chi connectivity index (χ1n) is 9.92. The second-order valence-electron chi connectivity index (χ2n) is 7.36. The van der Waals surface area contributed by atoms with Crippen LogP contribution in [0.3, 0.4) is 0 Å². The molecule has 1 aliphatic carbocycles. The third kappa shape index (κ3) is 5.18. The molecule has 3 rings (SSSR count). The molecule has 1 aromatic rings. The lowest BCUT2D eigenvalue weighted by Crippen LogP contribution is -2.27. The van der Waals surface area contributed by atoms with Crippen LogP contribution in [0, 0.1) is 11.8 Å². The lowest BCUT2D eigenvalue weighted by atomic mass is 9.89. The molecule has 1 heterocycles. The van der Waals surface area contributed by atoms with Crippen LogP contribution in [0.15, 0.2) is 42.2 Å². The number of aldehydes is 1. The molecule has 2 aliphatic rings. The van der Waals surface area contributed by atoms with Gasteiger partial charge in [-0.05, 0) is 50.2 Å². The number of rotatable bonds is 8. The SMILES string of the molecule is O=CC[C@@H]1[C@@H](C(=CCCc2ccccc2)OC2CCCCO2)CC[C@@H]1O. The van der Waals surface area contributed by atoms with Crippen LogP contribution in [0.1, 0.15) is 50.5 Å². The maximum atomic E-state index is 11.1. The normalized spacial score (nSPS) is 29.5. The third-order valence-corrected chi connectivity index (χ3v) is 5.55. The van der Waals surface area contributed by atoms with Gasteiger partial charge in [-0.3, -0.25) is 0 Å². The maximum absolute atomic E-state index is 11.1. The van der Waals surface area contributed by atoms with Crippen molar-refractivity contribution in [3.05, 3.63) is 47.7 Å². The van der Waals surface area contributed by atoms with Gasteiger partial charge in [0, 0.05) is 24.7 Å². The van der Waals surface area contributed by atoms with E-state index >= 15 is 0 Å². The molecule has 26 heavy (non-hydrogen) atoms. The topological polar surface area (TPSA) is 55.8 Å². The molecule has 0 spiro atoms. The van der Waals surface area contributed by atoms with E-state index in [2.05, 4.69) is 30.3 Å². The summed E-state index contributed by atoms with van der Waals surface area (Å²) < 4.78 is 12.0. The van der Waals surface area contributed by atoms with Gasteiger partial charge in [0.1, 0.15) is 6.29 Å². The quantitative estimate of drug-likeness (QED) is 0.563. The zero-order valence-corrected chi connectivity index (χ0v) is 15.4. The first kappa shape index (κ1) is 19.1. The molecule has 1 aliphatic heterocycles. The van der Waals surface area contributed by atoms with Crippen LogP contribution in [0.25, 0.3) is 0 Å². The fourth-order valence-electron chi connectivity index (χ4n) is 4.10. The van der Waals surface area contributed by atoms with E-state index < -0.39 is 6.10 Å². The number of aliphatic hydroxyl groups excluding tert-OH is 1. The predicted molar refractivity (Wildman–Crippen MR) is 100 cm³/mol. The minimum absolute atomic E-state index is 0.0425. The fraction of sp³-hybridized carbons (Fsp3) is 0.591. The molecule has 1 aromatic carbocycles. The predicted octanol–water partition coefficient (Wildman–Crippen LogP) is 4.02. The summed E-state index contributed by atoms with van der Waals surface area (Å²) in [7, 11) is 0. The van der Waals surface area contributed by atoms with Crippen LogP contribution in [0.4, 0.5) is 0 Å². The molecule has 0 amide bonds. The van der Waals surface area contributed by atoms with E-state index in [1.807, 2.05) is 6.07 Å². The van der Waals surface area contributed by atoms with Crippen molar-refractivity contribution in [2.75, 3.05) is 6.61 Å². The molecule has 1 unspecified atom stereocenters. The van der Waals surface area contributed by atoms with Gasteiger partial charge >= 0.3 is 0 Å². The molecule has 1 saturated heterocycles. The number of ether oxygens (including phenoxy) is 2. The van der Waals surface area contributed by atoms with Crippen LogP contribution in [-0.4, -0.2) is 30.4 Å². The Morgan fingerprint density at radius 2 is 2.04 bits per heavy atom. The highest BCUT2D eigenvalue weighted by Gasteiger charge is 2.38. The number of allylic oxidation sites excluding steroid dienone is 2. The summed E-state index contributed by atoms with van der Waals surface area (Å²) in [4.78, 5) is 11.1. The Kier molecular flexibility index (Phi) is 7.27. The number of carbonyl (C=O) groups is 1. The van der Waals surface area contributed by atoms with Crippen LogP contribution in [0.5, 0.6) is 0 Å². The smallest absolute Gasteiger partial charge is 0.199 e. The highest BCUT2D eigenvalue weighted by molar-refractivity contribution is 5.50. The number of carbonyl (C=O) groups excluding carboxylic acids is 1. The Balaban J connectivity index is 1.69. The molecule has 0 radical (unpaired) electrons. The summed E-state index contributed by atoms with van der Waals surface area (Å²) in [5.41, 5.74) is 1.30. The largest absolute Gasteiger partial charge is 0.469 e. The Hall–Kier alpha value is -1.65. The zero-order chi connectivity index (χ0) is 18.2. The zero-order valence-electron chi connectivity index (χ0n) is 15.4. The second kappa shape index (κ2) is 9.89. The monoisotopic (exact) mass is 358 g/mol. The number of aliphatic hydroxyl groups is 1. The van der Waals surface area contributed by atoms with Gasteiger partial charge < -0.3 is 19.4 Å². The van der Waals surface area contributed by atoms with Crippen molar-refractivity contribution >= 4 is 6.29 Å². The van der Waals surface area contributed by atoms with E-state index in [1.54, 1.807) is 0 Å². The van der Waals surface area contributed by atoms with Gasteiger partial charge in [-0.25, -0.2) is 0 Å². The lowest BCUT2D eigenvalue weighted by molar-refractivity contribution is -0.146. The lowest BCUT2D eigenvalue weighted by Gasteiger charge is -2.29. The molecule has 142 valence electrons. The molecule has 4 nitrogen and oxygen atoms in total. The standard InChI is InChI=1S/C22H30O4/c23-15-14-18-19(12-13-20(18)24)21(26-22-11-4-5-16-25-22)10-6-9-17-7-2-1-3-8-17/h1-3,7-8,10,15,18-20,22,24H,4-6,9,11-14,16H2/t18-,19+,20+,22?/m1/s1. The number of hydrogen-bond donors (Lipinski definition) is 1. The first-order chi connectivity index (χ1) is 12.8. The van der Waals surface area contributed by atoms with Crippen molar-refractivity contribution in [2.45, 2.75) is 63.8 Å². The van der Waals surface area contributed by atoms with Crippen molar-refractivity contribution < 1.29 is 19.4 Å². The van der Waals surface area contributed by atoms with E-state index in [4.69, 9.17) is 9.47 Å². The summed E-state index contributed by atoms with van der Waals surface area (Å²) >= 11 is 0. The van der Waals surface area contributed by atoms with E-state index in [1.165, 1.54) is 5.56 Å². The molecule has 1 saturated carbocycles. The number of aryl methyl sites for hydroxylation is 1. The molecule has 4 atom stereocenters. The third-order valence-electron chi connectivity index (χ3n) is 5.55. The van der Waals surface area contributed by atoms with E-state index in [0.717, 1.165) is 63.6 Å². The molecule has 0 bridgehead atoms. The Morgan fingerprint density at radius 3 is 2.77 bits per heavy atom. The van der Waals surface area contributed by atoms with Crippen molar-refractivity contribution in [1.82, 2.24) is 0 Å². The Bertz CT molecular complexity index is 577. The van der Waals surface area contributed by atoms with Gasteiger partial charge in [-0.1, -0.05) is 30.3 Å². The van der Waals surface area contributed by atoms with E-state index in [-0.39, 0.29) is 18.1 Å². The van der Waals surface area contributed by atoms with Gasteiger partial charge in [0.15, 0.2) is 6.29 Å². The summed E-state index contributed by atoms with van der Waals surface area (Å²) in [6.45, 7) is 0.743. The van der Waals surface area contributed by atoms with Crippen molar-refractivity contribution in [3.8, 4) is 0 Å². The van der Waals surface area contributed by atoms with Crippen LogP contribution >= 0.6 is 0 Å². The first-order valence-corrected chi connectivity index (χ1v) is 9.92. The summed E-state index contributed by atoms with van der Waals surface area (Å²) in [5, 5.41) is 10.3. The second-order valence-corrected chi connectivity index (χ2v) is 7.36. The highest BCUT2D eigenvalue weighted by Crippen LogP contribution is 2.40. The Morgan fingerprint density at radius 1 is 1.19 bits per heavy atom. The highest BCUT2D eigenvalue weighted by atomic mass is 16.7. The minimum Gasteiger partial charge on any atom is -0.469 e. The van der Waals surface area contributed by atoms with Crippen molar-refractivity contribution in [1.29, 1.82) is 0 Å². The van der Waals surface area contributed by atoms with Crippen LogP contribution < -0.4 is 0 Å². The number of hydrogen-bond acceptors (Lipinski definition) is 4. The molecule has 0 aromatic heterocycles. The molecule has 4 heteroatoms. The summed E-state index contributed by atoms with van der Waals surface area (Å²) in [5.74, 6) is 0.979. The molecular weight excluding hydrogens is 328 g/mol.